The Hall–Kier alpha value is -2.59. The third-order valence-electron chi connectivity index (χ3n) is 8.10. The van der Waals surface area contributed by atoms with Crippen LogP contribution in [0.5, 0.6) is 0 Å². The lowest BCUT2D eigenvalue weighted by molar-refractivity contribution is 0.115. The molecule has 3 nitrogen and oxygen atoms in total. The molecule has 2 heterocycles. The first kappa shape index (κ1) is 25.1. The normalized spacial score (nSPS) is 18.6. The van der Waals surface area contributed by atoms with Crippen molar-refractivity contribution in [3.63, 3.8) is 0 Å². The molecule has 4 heteroatoms. The lowest BCUT2D eigenvalue weighted by Gasteiger charge is -2.40. The maximum absolute atomic E-state index is 2.67. The topological polar surface area (TPSA) is 9.72 Å². The summed E-state index contributed by atoms with van der Waals surface area (Å²) >= 11 is 0. The number of hydrogen-bond donors (Lipinski definition) is 0. The van der Waals surface area contributed by atoms with Crippen molar-refractivity contribution in [1.29, 1.82) is 0 Å². The van der Waals surface area contributed by atoms with Crippen molar-refractivity contribution in [3.8, 4) is 0 Å². The van der Waals surface area contributed by atoms with E-state index in [0.717, 1.165) is 32.7 Å². The average molecular weight is 500 g/mol. The van der Waals surface area contributed by atoms with E-state index in [1.165, 1.54) is 66.7 Å². The van der Waals surface area contributed by atoms with E-state index in [0.29, 0.717) is 6.04 Å². The smallest absolute Gasteiger partial charge is 0.0602 e. The minimum atomic E-state index is 0. The van der Waals surface area contributed by atoms with Gasteiger partial charge in [0.05, 0.1) is 6.04 Å². The van der Waals surface area contributed by atoms with Crippen molar-refractivity contribution in [2.24, 2.45) is 0 Å². The molecule has 2 saturated heterocycles. The quantitative estimate of drug-likeness (QED) is 0.386. The summed E-state index contributed by atoms with van der Waals surface area (Å²) in [7, 11) is 0. The molecule has 1 aliphatic carbocycles. The van der Waals surface area contributed by atoms with Crippen LogP contribution in [0.2, 0.25) is 0 Å². The monoisotopic (exact) mass is 499 g/mol. The second kappa shape index (κ2) is 11.6. The zero-order valence-corrected chi connectivity index (χ0v) is 22.0. The largest absolute Gasteiger partial charge is 0.372 e. The number of piperazine rings is 1. The van der Waals surface area contributed by atoms with Crippen molar-refractivity contribution >= 4 is 24.2 Å². The second-order valence-electron chi connectivity index (χ2n) is 10.4. The van der Waals surface area contributed by atoms with Gasteiger partial charge in [-0.3, -0.25) is 9.80 Å². The van der Waals surface area contributed by atoms with E-state index in [4.69, 9.17) is 0 Å². The van der Waals surface area contributed by atoms with E-state index in [1.54, 1.807) is 5.57 Å². The Labute approximate surface area is 222 Å². The molecule has 0 aromatic heterocycles. The lowest BCUT2D eigenvalue weighted by Crippen LogP contribution is -2.48. The summed E-state index contributed by atoms with van der Waals surface area (Å²) in [6, 6.07) is 29.5. The molecule has 3 aromatic rings. The number of hydrogen-bond acceptors (Lipinski definition) is 3. The SMILES string of the molecule is C1=C(CN2CCN(C(c3ccccc3)c3ccccc3)CC2)CCc2cc(N3CCCC3)ccc21.Cl. The van der Waals surface area contributed by atoms with Crippen LogP contribution in [0.25, 0.3) is 6.08 Å². The van der Waals surface area contributed by atoms with Gasteiger partial charge < -0.3 is 4.90 Å². The molecule has 0 saturated carbocycles. The summed E-state index contributed by atoms with van der Waals surface area (Å²) in [6.07, 6.45) is 7.55. The molecule has 0 amide bonds. The van der Waals surface area contributed by atoms with Crippen LogP contribution in [0.3, 0.4) is 0 Å². The molecule has 3 aromatic carbocycles. The number of benzene rings is 3. The van der Waals surface area contributed by atoms with Crippen LogP contribution in [0.15, 0.2) is 84.4 Å². The summed E-state index contributed by atoms with van der Waals surface area (Å²) in [6.45, 7) is 8.04. The number of fused-ring (bicyclic) bond motifs is 1. The second-order valence-corrected chi connectivity index (χ2v) is 10.4. The van der Waals surface area contributed by atoms with Crippen LogP contribution in [0.1, 0.15) is 47.6 Å². The number of aryl methyl sites for hydroxylation is 1. The first-order chi connectivity index (χ1) is 17.3. The Morgan fingerprint density at radius 2 is 1.31 bits per heavy atom. The fraction of sp³-hybridized carbons (Fsp3) is 0.375. The highest BCUT2D eigenvalue weighted by Gasteiger charge is 2.27. The van der Waals surface area contributed by atoms with E-state index >= 15 is 0 Å². The van der Waals surface area contributed by atoms with E-state index in [2.05, 4.69) is 99.6 Å². The molecule has 0 N–H and O–H groups in total. The molecule has 0 spiro atoms. The number of nitrogens with zero attached hydrogens (tertiary/aromatic N) is 3. The minimum Gasteiger partial charge on any atom is -0.372 e. The molecule has 0 unspecified atom stereocenters. The number of anilines is 1. The zero-order valence-electron chi connectivity index (χ0n) is 21.2. The lowest BCUT2D eigenvalue weighted by atomic mass is 9.91. The Kier molecular flexibility index (Phi) is 8.11. The van der Waals surface area contributed by atoms with Crippen LogP contribution < -0.4 is 4.90 Å². The van der Waals surface area contributed by atoms with Gasteiger partial charge >= 0.3 is 0 Å². The van der Waals surface area contributed by atoms with Gasteiger partial charge in [-0.05, 0) is 60.1 Å². The van der Waals surface area contributed by atoms with E-state index in [-0.39, 0.29) is 12.4 Å². The molecule has 0 radical (unpaired) electrons. The maximum atomic E-state index is 2.67. The molecule has 2 fully saturated rings. The van der Waals surface area contributed by atoms with Gasteiger partial charge in [-0.2, -0.15) is 0 Å². The van der Waals surface area contributed by atoms with Crippen molar-refractivity contribution in [2.75, 3.05) is 50.7 Å². The summed E-state index contributed by atoms with van der Waals surface area (Å²) < 4.78 is 0. The van der Waals surface area contributed by atoms with Gasteiger partial charge in [0.25, 0.3) is 0 Å². The summed E-state index contributed by atoms with van der Waals surface area (Å²) in [4.78, 5) is 7.89. The van der Waals surface area contributed by atoms with Gasteiger partial charge in [-0.25, -0.2) is 0 Å². The first-order valence-electron chi connectivity index (χ1n) is 13.5. The van der Waals surface area contributed by atoms with E-state index in [1.807, 2.05) is 0 Å². The fourth-order valence-electron chi connectivity index (χ4n) is 6.19. The Morgan fingerprint density at radius 1 is 0.667 bits per heavy atom. The number of rotatable bonds is 6. The third kappa shape index (κ3) is 5.54. The Balaban J connectivity index is 0.00000267. The maximum Gasteiger partial charge on any atom is 0.0602 e. The predicted molar refractivity (Wildman–Crippen MR) is 154 cm³/mol. The highest BCUT2D eigenvalue weighted by Crippen LogP contribution is 2.32. The molecule has 3 aliphatic rings. The third-order valence-corrected chi connectivity index (χ3v) is 8.10. The average Bonchev–Trinajstić information content (AvgIpc) is 3.46. The highest BCUT2D eigenvalue weighted by molar-refractivity contribution is 5.85. The molecule has 188 valence electrons. The van der Waals surface area contributed by atoms with Gasteiger partial charge in [-0.15, -0.1) is 12.4 Å². The first-order valence-corrected chi connectivity index (χ1v) is 13.5. The summed E-state index contributed by atoms with van der Waals surface area (Å²) in [5.41, 5.74) is 8.81. The summed E-state index contributed by atoms with van der Waals surface area (Å²) in [5.74, 6) is 0. The van der Waals surface area contributed by atoms with Crippen LogP contribution in [-0.2, 0) is 6.42 Å². The van der Waals surface area contributed by atoms with Crippen LogP contribution >= 0.6 is 12.4 Å². The molecular formula is C32H38ClN3. The van der Waals surface area contributed by atoms with Crippen LogP contribution in [0.4, 0.5) is 5.69 Å². The van der Waals surface area contributed by atoms with Gasteiger partial charge in [0.1, 0.15) is 0 Å². The predicted octanol–water partition coefficient (Wildman–Crippen LogP) is 6.45. The standard InChI is InChI=1S/C32H37N3.ClH/c1-3-9-27(10-4-1)32(28-11-5-2-6-12-28)35-21-19-33(20-22-35)25-26-13-14-30-24-31(16-15-29(30)23-26)34-17-7-8-18-34;/h1-6,9-12,15-16,23-24,32H,7-8,13-14,17-22,25H2;1H. The number of halogens is 1. The molecule has 0 bridgehead atoms. The van der Waals surface area contributed by atoms with Crippen LogP contribution in [-0.4, -0.2) is 55.6 Å². The van der Waals surface area contributed by atoms with Gasteiger partial charge in [0, 0.05) is 51.5 Å². The molecule has 2 aliphatic heterocycles. The Bertz CT molecular complexity index is 1110. The molecule has 6 rings (SSSR count). The molecule has 36 heavy (non-hydrogen) atoms. The molecular weight excluding hydrogens is 462 g/mol. The fourth-order valence-corrected chi connectivity index (χ4v) is 6.19. The van der Waals surface area contributed by atoms with Gasteiger partial charge in [-0.1, -0.05) is 78.4 Å². The van der Waals surface area contributed by atoms with E-state index in [9.17, 15) is 0 Å². The Morgan fingerprint density at radius 3 is 1.94 bits per heavy atom. The van der Waals surface area contributed by atoms with Crippen LogP contribution in [0, 0.1) is 0 Å². The zero-order chi connectivity index (χ0) is 23.5. The molecule has 0 atom stereocenters. The highest BCUT2D eigenvalue weighted by atomic mass is 35.5. The van der Waals surface area contributed by atoms with E-state index < -0.39 is 0 Å². The minimum absolute atomic E-state index is 0. The van der Waals surface area contributed by atoms with Crippen molar-refractivity contribution in [1.82, 2.24) is 9.80 Å². The van der Waals surface area contributed by atoms with Crippen molar-refractivity contribution in [3.05, 3.63) is 107 Å². The van der Waals surface area contributed by atoms with Gasteiger partial charge in [0.15, 0.2) is 0 Å². The summed E-state index contributed by atoms with van der Waals surface area (Å²) in [5, 5.41) is 0. The van der Waals surface area contributed by atoms with Gasteiger partial charge in [0.2, 0.25) is 0 Å². The van der Waals surface area contributed by atoms with Crippen molar-refractivity contribution in [2.45, 2.75) is 31.7 Å². The van der Waals surface area contributed by atoms with Crippen molar-refractivity contribution < 1.29 is 0 Å².